The van der Waals surface area contributed by atoms with Gasteiger partial charge in [-0.2, -0.15) is 0 Å². The van der Waals surface area contributed by atoms with Gasteiger partial charge >= 0.3 is 6.09 Å². The fourth-order valence-electron chi connectivity index (χ4n) is 3.57. The van der Waals surface area contributed by atoms with Crippen molar-refractivity contribution in [1.29, 1.82) is 0 Å². The number of amides is 1. The zero-order valence-corrected chi connectivity index (χ0v) is 15.1. The molecule has 3 heterocycles. The van der Waals surface area contributed by atoms with Crippen LogP contribution in [-0.4, -0.2) is 53.5 Å². The highest BCUT2D eigenvalue weighted by atomic mass is 16.6. The van der Waals surface area contributed by atoms with Crippen molar-refractivity contribution in [3.8, 4) is 0 Å². The molecule has 6 heteroatoms. The van der Waals surface area contributed by atoms with Crippen LogP contribution in [0, 0.1) is 0 Å². The monoisotopic (exact) mass is 345 g/mol. The predicted octanol–water partition coefficient (Wildman–Crippen LogP) is 3.41. The molecule has 0 bridgehead atoms. The number of carbonyl (C=O) groups is 1. The molecule has 0 aliphatic carbocycles. The normalized spacial score (nSPS) is 15.7. The summed E-state index contributed by atoms with van der Waals surface area (Å²) in [6.45, 7) is 8.05. The van der Waals surface area contributed by atoms with Gasteiger partial charge in [0, 0.05) is 44.0 Å². The zero-order chi connectivity index (χ0) is 17.6. The second-order valence-electron chi connectivity index (χ2n) is 6.33. The van der Waals surface area contributed by atoms with Gasteiger partial charge in [-0.25, -0.2) is 4.79 Å². The topological polar surface area (TPSA) is 56.6 Å². The number of rotatable bonds is 6. The van der Waals surface area contributed by atoms with Gasteiger partial charge in [0.15, 0.2) is 0 Å². The van der Waals surface area contributed by atoms with E-state index in [1.807, 2.05) is 31.1 Å². The van der Waals surface area contributed by atoms with E-state index in [-0.39, 0.29) is 6.09 Å². The van der Waals surface area contributed by atoms with Crippen molar-refractivity contribution in [2.24, 2.45) is 0 Å². The molecule has 25 heavy (non-hydrogen) atoms. The fraction of sp³-hybridized carbons (Fsp3) is 0.579. The molecule has 1 fully saturated rings. The number of fused-ring (bicyclic) bond motifs is 1. The molecule has 0 atom stereocenters. The third-order valence-electron chi connectivity index (χ3n) is 4.86. The Morgan fingerprint density at radius 2 is 2.08 bits per heavy atom. The molecule has 0 radical (unpaired) electrons. The third kappa shape index (κ3) is 3.95. The fourth-order valence-corrected chi connectivity index (χ4v) is 3.57. The van der Waals surface area contributed by atoms with Crippen LogP contribution in [0.3, 0.4) is 0 Å². The Balaban J connectivity index is 1.74. The van der Waals surface area contributed by atoms with E-state index in [1.165, 1.54) is 10.9 Å². The summed E-state index contributed by atoms with van der Waals surface area (Å²) in [4.78, 5) is 18.0. The quantitative estimate of drug-likeness (QED) is 0.753. The predicted molar refractivity (Wildman–Crippen MR) is 96.8 cm³/mol. The molecule has 6 nitrogen and oxygen atoms in total. The maximum Gasteiger partial charge on any atom is 0.409 e. The van der Waals surface area contributed by atoms with Gasteiger partial charge in [-0.15, -0.1) is 0 Å². The van der Waals surface area contributed by atoms with Gasteiger partial charge in [-0.1, -0.05) is 0 Å². The van der Waals surface area contributed by atoms with Crippen LogP contribution in [-0.2, 0) is 16.0 Å². The van der Waals surface area contributed by atoms with Gasteiger partial charge < -0.3 is 18.9 Å². The van der Waals surface area contributed by atoms with Crippen molar-refractivity contribution in [2.45, 2.75) is 39.2 Å². The Morgan fingerprint density at radius 3 is 2.80 bits per heavy atom. The smallest absolute Gasteiger partial charge is 0.409 e. The number of hydrogen-bond acceptors (Lipinski definition) is 4. The number of piperidine rings is 1. The summed E-state index contributed by atoms with van der Waals surface area (Å²) in [6.07, 6.45) is 7.77. The van der Waals surface area contributed by atoms with E-state index < -0.39 is 0 Å². The highest BCUT2D eigenvalue weighted by Gasteiger charge is 2.26. The van der Waals surface area contributed by atoms with Crippen molar-refractivity contribution in [3.05, 3.63) is 30.2 Å². The molecule has 0 saturated carbocycles. The minimum absolute atomic E-state index is 0.190. The lowest BCUT2D eigenvalue weighted by molar-refractivity contribution is 0.0971. The van der Waals surface area contributed by atoms with E-state index in [4.69, 9.17) is 9.47 Å². The van der Waals surface area contributed by atoms with Crippen molar-refractivity contribution in [3.63, 3.8) is 0 Å². The lowest BCUT2D eigenvalue weighted by Crippen LogP contribution is -2.38. The maximum absolute atomic E-state index is 11.9. The molecule has 2 aromatic heterocycles. The number of carbonyl (C=O) groups excluding carboxylic acids is 1. The summed E-state index contributed by atoms with van der Waals surface area (Å²) in [5, 5.41) is 1.26. The van der Waals surface area contributed by atoms with Crippen LogP contribution in [0.4, 0.5) is 4.79 Å². The van der Waals surface area contributed by atoms with Crippen LogP contribution in [0.1, 0.15) is 38.2 Å². The van der Waals surface area contributed by atoms with E-state index >= 15 is 0 Å². The van der Waals surface area contributed by atoms with E-state index in [1.54, 1.807) is 0 Å². The maximum atomic E-state index is 11.9. The molecule has 1 aliphatic heterocycles. The zero-order valence-electron chi connectivity index (χ0n) is 15.1. The molecule has 1 saturated heterocycles. The number of nitrogens with zero attached hydrogens (tertiary/aromatic N) is 3. The molecule has 0 aromatic carbocycles. The molecule has 3 rings (SSSR count). The second kappa shape index (κ2) is 8.34. The lowest BCUT2D eigenvalue weighted by atomic mass is 9.89. The minimum atomic E-state index is -0.190. The van der Waals surface area contributed by atoms with Crippen molar-refractivity contribution in [1.82, 2.24) is 14.5 Å². The molecule has 0 unspecified atom stereocenters. The highest BCUT2D eigenvalue weighted by molar-refractivity contribution is 5.83. The molecule has 0 spiro atoms. The van der Waals surface area contributed by atoms with Crippen LogP contribution in [0.5, 0.6) is 0 Å². The summed E-state index contributed by atoms with van der Waals surface area (Å²) in [7, 11) is 0. The first-order chi connectivity index (χ1) is 12.2. The summed E-state index contributed by atoms with van der Waals surface area (Å²) in [5.74, 6) is 0.462. The van der Waals surface area contributed by atoms with Crippen molar-refractivity contribution < 1.29 is 14.3 Å². The van der Waals surface area contributed by atoms with Gasteiger partial charge in [0.2, 0.25) is 0 Å². The van der Waals surface area contributed by atoms with E-state index in [9.17, 15) is 4.79 Å². The van der Waals surface area contributed by atoms with Gasteiger partial charge in [0.25, 0.3) is 0 Å². The molecule has 136 valence electrons. The minimum Gasteiger partial charge on any atom is -0.450 e. The second-order valence-corrected chi connectivity index (χ2v) is 6.33. The van der Waals surface area contributed by atoms with Gasteiger partial charge in [-0.3, -0.25) is 4.98 Å². The van der Waals surface area contributed by atoms with Crippen LogP contribution in [0.15, 0.2) is 24.7 Å². The van der Waals surface area contributed by atoms with Crippen LogP contribution in [0.2, 0.25) is 0 Å². The average Bonchev–Trinajstić information content (AvgIpc) is 3.01. The summed E-state index contributed by atoms with van der Waals surface area (Å²) in [6, 6.07) is 2.10. The Hall–Kier alpha value is -2.08. The molecule has 2 aromatic rings. The van der Waals surface area contributed by atoms with Crippen molar-refractivity contribution >= 4 is 17.0 Å². The molecular weight excluding hydrogens is 318 g/mol. The lowest BCUT2D eigenvalue weighted by Gasteiger charge is -2.31. The van der Waals surface area contributed by atoms with Gasteiger partial charge in [-0.05, 0) is 44.2 Å². The first-order valence-electron chi connectivity index (χ1n) is 9.16. The SMILES string of the molecule is CCOCCn1cc(C2CCN(C(=O)OCC)CC2)c2ccncc21. The first-order valence-corrected chi connectivity index (χ1v) is 9.16. The van der Waals surface area contributed by atoms with E-state index in [0.29, 0.717) is 19.1 Å². The molecule has 1 aliphatic rings. The number of hydrogen-bond donors (Lipinski definition) is 0. The van der Waals surface area contributed by atoms with Gasteiger partial charge in [0.1, 0.15) is 0 Å². The van der Waals surface area contributed by atoms with Crippen LogP contribution < -0.4 is 0 Å². The Labute approximate surface area is 148 Å². The third-order valence-corrected chi connectivity index (χ3v) is 4.86. The molecule has 0 N–H and O–H groups in total. The first kappa shape index (κ1) is 17.7. The van der Waals surface area contributed by atoms with Crippen LogP contribution in [0.25, 0.3) is 10.9 Å². The summed E-state index contributed by atoms with van der Waals surface area (Å²) in [5.41, 5.74) is 2.52. The number of ether oxygens (including phenoxy) is 2. The Morgan fingerprint density at radius 1 is 1.28 bits per heavy atom. The Bertz CT molecular complexity index is 705. The van der Waals surface area contributed by atoms with E-state index in [2.05, 4.69) is 21.8 Å². The molecular formula is C19H27N3O3. The Kier molecular flexibility index (Phi) is 5.91. The largest absolute Gasteiger partial charge is 0.450 e. The number of likely N-dealkylation sites (tertiary alicyclic amines) is 1. The van der Waals surface area contributed by atoms with Crippen molar-refractivity contribution in [2.75, 3.05) is 32.9 Å². The summed E-state index contributed by atoms with van der Waals surface area (Å²) >= 11 is 0. The average molecular weight is 345 g/mol. The number of pyridine rings is 1. The molecule has 1 amide bonds. The highest BCUT2D eigenvalue weighted by Crippen LogP contribution is 2.34. The standard InChI is InChI=1S/C19H27N3O3/c1-3-24-12-11-22-14-17(16-5-8-20-13-18(16)22)15-6-9-21(10-7-15)19(23)25-4-2/h5,8,13-15H,3-4,6-7,9-12H2,1-2H3. The van der Waals surface area contributed by atoms with Gasteiger partial charge in [0.05, 0.1) is 24.9 Å². The van der Waals surface area contributed by atoms with Crippen LogP contribution >= 0.6 is 0 Å². The van der Waals surface area contributed by atoms with E-state index in [0.717, 1.165) is 44.6 Å². The number of aromatic nitrogens is 2. The summed E-state index contributed by atoms with van der Waals surface area (Å²) < 4.78 is 12.9.